The Kier molecular flexibility index (Phi) is 5.86. The standard InChI is InChI=1S/C21H24N4O2/c1-2-6-18(7-3-1)21-23-20(24-27-21)10-14-26-19-8-12-25(13-9-19)16-17-5-4-11-22-15-17/h1-7,11,15,19H,8-10,12-14,16H2. The molecule has 1 aliphatic rings. The van der Waals surface area contributed by atoms with Gasteiger partial charge in [0.1, 0.15) is 0 Å². The number of nitrogens with zero attached hydrogens (tertiary/aromatic N) is 4. The highest BCUT2D eigenvalue weighted by atomic mass is 16.5. The molecular weight excluding hydrogens is 340 g/mol. The van der Waals surface area contributed by atoms with Crippen LogP contribution in [0, 0.1) is 0 Å². The monoisotopic (exact) mass is 364 g/mol. The Bertz CT molecular complexity index is 814. The average Bonchev–Trinajstić information content (AvgIpc) is 3.20. The Labute approximate surface area is 159 Å². The first kappa shape index (κ1) is 17.8. The summed E-state index contributed by atoms with van der Waals surface area (Å²) in [4.78, 5) is 11.1. The van der Waals surface area contributed by atoms with Crippen molar-refractivity contribution in [3.05, 3.63) is 66.2 Å². The van der Waals surface area contributed by atoms with Crippen LogP contribution in [-0.2, 0) is 17.7 Å². The lowest BCUT2D eigenvalue weighted by atomic mass is 10.1. The van der Waals surface area contributed by atoms with Gasteiger partial charge in [0.25, 0.3) is 5.89 Å². The molecule has 0 amide bonds. The Hall–Kier alpha value is -2.57. The van der Waals surface area contributed by atoms with Crippen LogP contribution in [0.5, 0.6) is 0 Å². The van der Waals surface area contributed by atoms with Crippen LogP contribution in [0.2, 0.25) is 0 Å². The Morgan fingerprint density at radius 1 is 1.07 bits per heavy atom. The molecule has 3 aromatic rings. The lowest BCUT2D eigenvalue weighted by molar-refractivity contribution is 0.00674. The fourth-order valence-corrected chi connectivity index (χ4v) is 3.35. The molecule has 0 saturated carbocycles. The minimum absolute atomic E-state index is 0.315. The van der Waals surface area contributed by atoms with Gasteiger partial charge in [-0.05, 0) is 36.6 Å². The van der Waals surface area contributed by atoms with E-state index in [9.17, 15) is 0 Å². The maximum atomic E-state index is 6.04. The summed E-state index contributed by atoms with van der Waals surface area (Å²) in [5, 5.41) is 4.05. The van der Waals surface area contributed by atoms with Gasteiger partial charge in [-0.1, -0.05) is 29.4 Å². The molecule has 0 unspecified atom stereocenters. The molecule has 3 heterocycles. The van der Waals surface area contributed by atoms with E-state index in [2.05, 4.69) is 26.1 Å². The molecule has 0 bridgehead atoms. The minimum atomic E-state index is 0.315. The molecule has 6 heteroatoms. The SMILES string of the molecule is c1ccc(-c2nc(CCOC3CCN(Cc4cccnc4)CC3)no2)cc1. The van der Waals surface area contributed by atoms with Gasteiger partial charge < -0.3 is 9.26 Å². The first-order valence-electron chi connectivity index (χ1n) is 9.48. The van der Waals surface area contributed by atoms with Gasteiger partial charge in [0.05, 0.1) is 12.7 Å². The summed E-state index contributed by atoms with van der Waals surface area (Å²) in [6.07, 6.45) is 6.86. The number of likely N-dealkylation sites (tertiary alicyclic amines) is 1. The van der Waals surface area contributed by atoms with Crippen molar-refractivity contribution in [2.75, 3.05) is 19.7 Å². The first-order chi connectivity index (χ1) is 13.4. The molecule has 1 saturated heterocycles. The topological polar surface area (TPSA) is 64.3 Å². The van der Waals surface area contributed by atoms with Crippen LogP contribution in [0.1, 0.15) is 24.2 Å². The summed E-state index contributed by atoms with van der Waals surface area (Å²) in [5.74, 6) is 1.26. The third-order valence-corrected chi connectivity index (χ3v) is 4.83. The van der Waals surface area contributed by atoms with Crippen molar-refractivity contribution in [2.45, 2.75) is 31.9 Å². The highest BCUT2D eigenvalue weighted by Gasteiger charge is 2.20. The molecule has 2 aromatic heterocycles. The summed E-state index contributed by atoms with van der Waals surface area (Å²) >= 11 is 0. The molecule has 1 aliphatic heterocycles. The molecule has 140 valence electrons. The van der Waals surface area contributed by atoms with Gasteiger partial charge in [-0.25, -0.2) is 0 Å². The minimum Gasteiger partial charge on any atom is -0.378 e. The van der Waals surface area contributed by atoms with Crippen molar-refractivity contribution < 1.29 is 9.26 Å². The van der Waals surface area contributed by atoms with Crippen LogP contribution in [0.3, 0.4) is 0 Å². The maximum absolute atomic E-state index is 6.04. The third kappa shape index (κ3) is 4.99. The van der Waals surface area contributed by atoms with Crippen molar-refractivity contribution in [1.29, 1.82) is 0 Å². The van der Waals surface area contributed by atoms with E-state index >= 15 is 0 Å². The predicted octanol–water partition coefficient (Wildman–Crippen LogP) is 3.36. The van der Waals surface area contributed by atoms with Crippen molar-refractivity contribution in [3.63, 3.8) is 0 Å². The molecule has 6 nitrogen and oxygen atoms in total. The summed E-state index contributed by atoms with van der Waals surface area (Å²) in [5.41, 5.74) is 2.21. The lowest BCUT2D eigenvalue weighted by Gasteiger charge is -2.31. The molecule has 4 rings (SSSR count). The zero-order valence-corrected chi connectivity index (χ0v) is 15.3. The molecular formula is C21H24N4O2. The number of piperidine rings is 1. The van der Waals surface area contributed by atoms with Crippen molar-refractivity contribution in [2.24, 2.45) is 0 Å². The van der Waals surface area contributed by atoms with E-state index in [1.807, 2.05) is 48.8 Å². The fourth-order valence-electron chi connectivity index (χ4n) is 3.35. The second kappa shape index (κ2) is 8.88. The lowest BCUT2D eigenvalue weighted by Crippen LogP contribution is -2.36. The van der Waals surface area contributed by atoms with E-state index in [4.69, 9.17) is 9.26 Å². The zero-order chi connectivity index (χ0) is 18.3. The summed E-state index contributed by atoms with van der Waals surface area (Å²) in [6.45, 7) is 3.70. The Morgan fingerprint density at radius 3 is 2.70 bits per heavy atom. The van der Waals surface area contributed by atoms with Crippen LogP contribution in [0.15, 0.2) is 59.4 Å². The van der Waals surface area contributed by atoms with Gasteiger partial charge in [0.15, 0.2) is 5.82 Å². The van der Waals surface area contributed by atoms with Crippen molar-refractivity contribution in [1.82, 2.24) is 20.0 Å². The average molecular weight is 364 g/mol. The van der Waals surface area contributed by atoms with Gasteiger partial charge in [-0.3, -0.25) is 9.88 Å². The second-order valence-corrected chi connectivity index (χ2v) is 6.84. The number of ether oxygens (including phenoxy) is 1. The Morgan fingerprint density at radius 2 is 1.93 bits per heavy atom. The molecule has 0 atom stereocenters. The molecule has 0 radical (unpaired) electrons. The number of hydrogen-bond donors (Lipinski definition) is 0. The van der Waals surface area contributed by atoms with E-state index in [0.29, 0.717) is 30.8 Å². The largest absolute Gasteiger partial charge is 0.378 e. The second-order valence-electron chi connectivity index (χ2n) is 6.84. The number of aromatic nitrogens is 3. The normalized spacial score (nSPS) is 15.9. The summed E-state index contributed by atoms with van der Waals surface area (Å²) in [7, 11) is 0. The number of rotatable bonds is 7. The number of benzene rings is 1. The number of hydrogen-bond acceptors (Lipinski definition) is 6. The number of pyridine rings is 1. The van der Waals surface area contributed by atoms with Crippen LogP contribution < -0.4 is 0 Å². The smallest absolute Gasteiger partial charge is 0.257 e. The first-order valence-corrected chi connectivity index (χ1v) is 9.48. The molecule has 0 spiro atoms. The van der Waals surface area contributed by atoms with Gasteiger partial charge >= 0.3 is 0 Å². The van der Waals surface area contributed by atoms with E-state index < -0.39 is 0 Å². The predicted molar refractivity (Wildman–Crippen MR) is 102 cm³/mol. The highest BCUT2D eigenvalue weighted by Crippen LogP contribution is 2.18. The fraction of sp³-hybridized carbons (Fsp3) is 0.381. The third-order valence-electron chi connectivity index (χ3n) is 4.83. The molecule has 27 heavy (non-hydrogen) atoms. The van der Waals surface area contributed by atoms with Crippen LogP contribution in [0.25, 0.3) is 11.5 Å². The molecule has 0 N–H and O–H groups in total. The maximum Gasteiger partial charge on any atom is 0.257 e. The van der Waals surface area contributed by atoms with E-state index in [1.54, 1.807) is 0 Å². The van der Waals surface area contributed by atoms with Gasteiger partial charge in [0, 0.05) is 44.0 Å². The summed E-state index contributed by atoms with van der Waals surface area (Å²) in [6, 6.07) is 13.9. The molecule has 1 fully saturated rings. The van der Waals surface area contributed by atoms with Crippen LogP contribution in [0.4, 0.5) is 0 Å². The van der Waals surface area contributed by atoms with Crippen molar-refractivity contribution >= 4 is 0 Å². The summed E-state index contributed by atoms with van der Waals surface area (Å²) < 4.78 is 11.4. The Balaban J connectivity index is 1.18. The molecule has 1 aromatic carbocycles. The van der Waals surface area contributed by atoms with Crippen molar-refractivity contribution in [3.8, 4) is 11.5 Å². The van der Waals surface area contributed by atoms with Gasteiger partial charge in [-0.15, -0.1) is 0 Å². The van der Waals surface area contributed by atoms with Crippen LogP contribution in [-0.4, -0.2) is 45.8 Å². The highest BCUT2D eigenvalue weighted by molar-refractivity contribution is 5.51. The van der Waals surface area contributed by atoms with E-state index in [-0.39, 0.29) is 0 Å². The van der Waals surface area contributed by atoms with Crippen LogP contribution >= 0.6 is 0 Å². The quantitative estimate of drug-likeness (QED) is 0.641. The van der Waals surface area contributed by atoms with Gasteiger partial charge in [0.2, 0.25) is 0 Å². The van der Waals surface area contributed by atoms with E-state index in [0.717, 1.165) is 38.0 Å². The molecule has 0 aliphatic carbocycles. The van der Waals surface area contributed by atoms with E-state index in [1.165, 1.54) is 5.56 Å². The zero-order valence-electron chi connectivity index (χ0n) is 15.3. The van der Waals surface area contributed by atoms with Gasteiger partial charge in [-0.2, -0.15) is 4.98 Å².